The van der Waals surface area contributed by atoms with E-state index < -0.39 is 10.0 Å². The zero-order valence-corrected chi connectivity index (χ0v) is 15.5. The Balaban J connectivity index is 1.71. The highest BCUT2D eigenvalue weighted by Gasteiger charge is 2.56. The molecule has 0 aliphatic carbocycles. The van der Waals surface area contributed by atoms with Gasteiger partial charge in [0.1, 0.15) is 5.75 Å². The fourth-order valence-electron chi connectivity index (χ4n) is 5.07. The van der Waals surface area contributed by atoms with Crippen molar-refractivity contribution in [2.45, 2.75) is 30.8 Å². The topological polar surface area (TPSA) is 49.9 Å². The smallest absolute Gasteiger partial charge is 0.218 e. The van der Waals surface area contributed by atoms with E-state index >= 15 is 0 Å². The lowest BCUT2D eigenvalue weighted by atomic mass is 9.75. The van der Waals surface area contributed by atoms with E-state index in [1.807, 2.05) is 12.1 Å². The lowest BCUT2D eigenvalue weighted by Crippen LogP contribution is -2.60. The Hall–Kier alpha value is -1.37. The molecule has 0 amide bonds. The van der Waals surface area contributed by atoms with Gasteiger partial charge in [-0.3, -0.25) is 4.90 Å². The van der Waals surface area contributed by atoms with Gasteiger partial charge in [0, 0.05) is 24.5 Å². The fraction of sp³-hybridized carbons (Fsp3) is 0.579. The van der Waals surface area contributed by atoms with E-state index in [0.717, 1.165) is 31.7 Å². The second kappa shape index (κ2) is 6.41. The number of benzene rings is 1. The number of fused-ring (bicyclic) bond motifs is 2. The molecular formula is C19H26N2O3S. The van der Waals surface area contributed by atoms with Gasteiger partial charge in [0.2, 0.25) is 10.0 Å². The van der Waals surface area contributed by atoms with Gasteiger partial charge < -0.3 is 4.74 Å². The van der Waals surface area contributed by atoms with Crippen LogP contribution in [0.25, 0.3) is 0 Å². The number of sulfonamides is 1. The summed E-state index contributed by atoms with van der Waals surface area (Å²) in [5.41, 5.74) is 1.21. The van der Waals surface area contributed by atoms with Crippen LogP contribution < -0.4 is 4.74 Å². The minimum atomic E-state index is -3.29. The summed E-state index contributed by atoms with van der Waals surface area (Å²) >= 11 is 0. The number of hydrogen-bond donors (Lipinski definition) is 0. The van der Waals surface area contributed by atoms with Crippen LogP contribution in [0.4, 0.5) is 0 Å². The molecule has 2 bridgehead atoms. The van der Waals surface area contributed by atoms with Crippen LogP contribution in [-0.2, 0) is 10.0 Å². The minimum Gasteiger partial charge on any atom is -0.497 e. The largest absolute Gasteiger partial charge is 0.497 e. The van der Waals surface area contributed by atoms with E-state index in [4.69, 9.17) is 4.74 Å². The van der Waals surface area contributed by atoms with Gasteiger partial charge in [0.15, 0.2) is 0 Å². The van der Waals surface area contributed by atoms with E-state index in [0.29, 0.717) is 18.5 Å². The Labute approximate surface area is 150 Å². The summed E-state index contributed by atoms with van der Waals surface area (Å²) in [6.07, 6.45) is 3.72. The monoisotopic (exact) mass is 362 g/mol. The molecule has 25 heavy (non-hydrogen) atoms. The summed E-state index contributed by atoms with van der Waals surface area (Å²) in [6.45, 7) is 6.39. The van der Waals surface area contributed by atoms with E-state index in [1.165, 1.54) is 11.6 Å². The Bertz CT molecular complexity index is 738. The summed E-state index contributed by atoms with van der Waals surface area (Å²) in [5.74, 6) is 1.56. The van der Waals surface area contributed by atoms with Gasteiger partial charge in [-0.25, -0.2) is 8.42 Å². The van der Waals surface area contributed by atoms with Gasteiger partial charge in [-0.2, -0.15) is 4.31 Å². The van der Waals surface area contributed by atoms with Gasteiger partial charge in [-0.05, 0) is 49.5 Å². The van der Waals surface area contributed by atoms with Crippen LogP contribution in [0.3, 0.4) is 0 Å². The van der Waals surface area contributed by atoms with E-state index in [1.54, 1.807) is 11.4 Å². The second-order valence-electron chi connectivity index (χ2n) is 7.37. The molecule has 0 saturated carbocycles. The molecule has 4 heterocycles. The van der Waals surface area contributed by atoms with Crippen molar-refractivity contribution in [2.75, 3.05) is 32.5 Å². The maximum Gasteiger partial charge on any atom is 0.218 e. The van der Waals surface area contributed by atoms with Crippen LogP contribution in [0.1, 0.15) is 24.3 Å². The molecule has 4 saturated heterocycles. The Morgan fingerprint density at radius 3 is 2.48 bits per heavy atom. The molecule has 0 N–H and O–H groups in total. The number of hydrogen-bond acceptors (Lipinski definition) is 4. The molecular weight excluding hydrogens is 336 g/mol. The van der Waals surface area contributed by atoms with Crippen molar-refractivity contribution in [1.82, 2.24) is 9.21 Å². The van der Waals surface area contributed by atoms with Crippen LogP contribution in [0.5, 0.6) is 5.75 Å². The summed E-state index contributed by atoms with van der Waals surface area (Å²) in [4.78, 5) is 2.52. The fourth-order valence-corrected chi connectivity index (χ4v) is 6.62. The first-order valence-electron chi connectivity index (χ1n) is 9.03. The quantitative estimate of drug-likeness (QED) is 0.753. The maximum atomic E-state index is 12.9. The molecule has 136 valence electrons. The molecule has 4 aliphatic heterocycles. The summed E-state index contributed by atoms with van der Waals surface area (Å²) < 4.78 is 32.8. The predicted octanol–water partition coefficient (Wildman–Crippen LogP) is 2.07. The summed E-state index contributed by atoms with van der Waals surface area (Å²) in [5, 5.41) is 0. The van der Waals surface area contributed by atoms with Crippen LogP contribution in [0.15, 0.2) is 36.9 Å². The second-order valence-corrected chi connectivity index (χ2v) is 9.34. The number of nitrogens with zero attached hydrogens (tertiary/aromatic N) is 2. The van der Waals surface area contributed by atoms with Gasteiger partial charge in [-0.15, -0.1) is 6.58 Å². The van der Waals surface area contributed by atoms with Crippen LogP contribution >= 0.6 is 0 Å². The van der Waals surface area contributed by atoms with E-state index in [2.05, 4.69) is 23.6 Å². The molecule has 0 unspecified atom stereocenters. The van der Waals surface area contributed by atoms with E-state index in [-0.39, 0.29) is 17.7 Å². The average molecular weight is 362 g/mol. The normalized spacial score (nSPS) is 34.7. The Morgan fingerprint density at radius 1 is 1.20 bits per heavy atom. The lowest BCUT2D eigenvalue weighted by Gasteiger charge is -2.51. The highest BCUT2D eigenvalue weighted by atomic mass is 32.2. The maximum absolute atomic E-state index is 12.9. The zero-order chi connectivity index (χ0) is 17.6. The first-order valence-corrected chi connectivity index (χ1v) is 10.6. The molecule has 4 aliphatic rings. The molecule has 1 aromatic rings. The summed E-state index contributed by atoms with van der Waals surface area (Å²) in [7, 11) is -1.63. The van der Waals surface area contributed by atoms with Gasteiger partial charge in [0.25, 0.3) is 0 Å². The molecule has 0 aromatic heterocycles. The van der Waals surface area contributed by atoms with Gasteiger partial charge in [0.05, 0.1) is 12.9 Å². The van der Waals surface area contributed by atoms with Crippen molar-refractivity contribution < 1.29 is 13.2 Å². The van der Waals surface area contributed by atoms with Crippen molar-refractivity contribution in [3.8, 4) is 5.75 Å². The zero-order valence-electron chi connectivity index (χ0n) is 14.7. The molecule has 3 atom stereocenters. The molecule has 5 rings (SSSR count). The SMILES string of the molecule is C=CCS(=O)(=O)N1C[C@@H](c2ccc(OC)cc2)[C@@H]2[C@H]1C1CCN2CC1. The van der Waals surface area contributed by atoms with Crippen molar-refractivity contribution in [3.63, 3.8) is 0 Å². The van der Waals surface area contributed by atoms with Crippen LogP contribution in [0, 0.1) is 5.92 Å². The first kappa shape index (κ1) is 17.1. The third kappa shape index (κ3) is 2.80. The average Bonchev–Trinajstić information content (AvgIpc) is 3.06. The highest BCUT2D eigenvalue weighted by molar-refractivity contribution is 7.89. The number of methoxy groups -OCH3 is 1. The molecule has 4 fully saturated rings. The van der Waals surface area contributed by atoms with Gasteiger partial charge >= 0.3 is 0 Å². The number of ether oxygens (including phenoxy) is 1. The highest BCUT2D eigenvalue weighted by Crippen LogP contribution is 2.47. The van der Waals surface area contributed by atoms with Gasteiger partial charge in [-0.1, -0.05) is 18.2 Å². The number of piperidine rings is 3. The standard InChI is InChI=1S/C19H26N2O3S/c1-3-12-25(22,23)21-13-17(14-4-6-16(24-2)7-5-14)19-18(21)15-8-10-20(19)11-9-15/h3-7,15,17-19H,1,8-13H2,2H3/t17-,18+,19+/m0/s1. The first-order chi connectivity index (χ1) is 12.0. The van der Waals surface area contributed by atoms with E-state index in [9.17, 15) is 8.42 Å². The Morgan fingerprint density at radius 2 is 1.88 bits per heavy atom. The van der Waals surface area contributed by atoms with Crippen molar-refractivity contribution >= 4 is 10.0 Å². The Kier molecular flexibility index (Phi) is 4.38. The van der Waals surface area contributed by atoms with Crippen molar-refractivity contribution in [1.29, 1.82) is 0 Å². The third-order valence-electron chi connectivity index (χ3n) is 6.18. The lowest BCUT2D eigenvalue weighted by molar-refractivity contribution is 0.0123. The molecule has 5 nitrogen and oxygen atoms in total. The molecule has 6 heteroatoms. The number of rotatable bonds is 5. The third-order valence-corrected chi connectivity index (χ3v) is 7.94. The molecule has 0 spiro atoms. The molecule has 0 radical (unpaired) electrons. The van der Waals surface area contributed by atoms with Crippen LogP contribution in [-0.4, -0.2) is 62.2 Å². The predicted molar refractivity (Wildman–Crippen MR) is 98.3 cm³/mol. The van der Waals surface area contributed by atoms with Crippen molar-refractivity contribution in [3.05, 3.63) is 42.5 Å². The summed E-state index contributed by atoms with van der Waals surface area (Å²) in [6, 6.07) is 8.53. The minimum absolute atomic E-state index is 0.0261. The van der Waals surface area contributed by atoms with Crippen molar-refractivity contribution in [2.24, 2.45) is 5.92 Å². The van der Waals surface area contributed by atoms with Crippen LogP contribution in [0.2, 0.25) is 0 Å². The molecule has 1 aromatic carbocycles.